The maximum Gasteiger partial charge on any atom is 0.295 e. The lowest BCUT2D eigenvalue weighted by Crippen LogP contribution is -2.36. The standard InChI is InChI=1S/C22H21NO6/c24-20(14-5-6-16-13(11-14)7-10-29-16)18-19(17-4-2-9-28-17)23(22(26)21(18)25)12-15-3-1-8-27-15/h2,4-6,9,11,15,19,24H,1,3,7-8,10,12H2/b20-18-. The van der Waals surface area contributed by atoms with Crippen LogP contribution in [0.2, 0.25) is 0 Å². The van der Waals surface area contributed by atoms with Crippen molar-refractivity contribution in [1.29, 1.82) is 0 Å². The maximum atomic E-state index is 12.9. The smallest absolute Gasteiger partial charge is 0.295 e. The number of furan rings is 1. The molecule has 29 heavy (non-hydrogen) atoms. The molecule has 2 unspecified atom stereocenters. The van der Waals surface area contributed by atoms with E-state index in [4.69, 9.17) is 13.9 Å². The summed E-state index contributed by atoms with van der Waals surface area (Å²) in [7, 11) is 0. The first-order valence-corrected chi connectivity index (χ1v) is 9.83. The number of amides is 1. The van der Waals surface area contributed by atoms with Gasteiger partial charge in [-0.25, -0.2) is 0 Å². The predicted octanol–water partition coefficient (Wildman–Crippen LogP) is 2.82. The number of carbonyl (C=O) groups is 2. The van der Waals surface area contributed by atoms with Gasteiger partial charge in [0, 0.05) is 25.1 Å². The molecule has 3 aliphatic rings. The third-order valence-electron chi connectivity index (χ3n) is 5.74. The van der Waals surface area contributed by atoms with E-state index >= 15 is 0 Å². The van der Waals surface area contributed by atoms with E-state index in [1.807, 2.05) is 6.07 Å². The number of hydrogen-bond acceptors (Lipinski definition) is 6. The van der Waals surface area contributed by atoms with Crippen molar-refractivity contribution >= 4 is 17.4 Å². The van der Waals surface area contributed by atoms with E-state index in [2.05, 4.69) is 0 Å². The van der Waals surface area contributed by atoms with Crippen LogP contribution in [0.25, 0.3) is 5.76 Å². The number of fused-ring (bicyclic) bond motifs is 1. The molecule has 1 amide bonds. The zero-order valence-electron chi connectivity index (χ0n) is 15.8. The summed E-state index contributed by atoms with van der Waals surface area (Å²) in [5, 5.41) is 11.1. The van der Waals surface area contributed by atoms with Gasteiger partial charge in [0.1, 0.15) is 23.3 Å². The van der Waals surface area contributed by atoms with Crippen LogP contribution >= 0.6 is 0 Å². The zero-order valence-corrected chi connectivity index (χ0v) is 15.8. The van der Waals surface area contributed by atoms with Crippen LogP contribution in [0.4, 0.5) is 0 Å². The summed E-state index contributed by atoms with van der Waals surface area (Å²) in [5.41, 5.74) is 1.50. The normalized spacial score (nSPS) is 25.4. The summed E-state index contributed by atoms with van der Waals surface area (Å²) in [6.45, 7) is 1.53. The molecule has 0 aliphatic carbocycles. The van der Waals surface area contributed by atoms with E-state index in [0.29, 0.717) is 24.5 Å². The monoisotopic (exact) mass is 395 g/mol. The van der Waals surface area contributed by atoms with Crippen LogP contribution in [0, 0.1) is 0 Å². The number of carbonyl (C=O) groups excluding carboxylic acids is 2. The Kier molecular flexibility index (Phi) is 4.39. The fourth-order valence-corrected chi connectivity index (χ4v) is 4.31. The number of ether oxygens (including phenoxy) is 2. The van der Waals surface area contributed by atoms with Gasteiger partial charge in [0.15, 0.2) is 0 Å². The Morgan fingerprint density at radius 3 is 2.86 bits per heavy atom. The molecule has 1 aromatic carbocycles. The van der Waals surface area contributed by atoms with Gasteiger partial charge in [0.05, 0.1) is 24.5 Å². The molecule has 1 aromatic heterocycles. The summed E-state index contributed by atoms with van der Waals surface area (Å²) in [6, 6.07) is 7.92. The lowest BCUT2D eigenvalue weighted by Gasteiger charge is -2.25. The average Bonchev–Trinajstić information content (AvgIpc) is 3.51. The summed E-state index contributed by atoms with van der Waals surface area (Å²) in [6.07, 6.45) is 3.87. The van der Waals surface area contributed by atoms with Crippen molar-refractivity contribution in [3.8, 4) is 5.75 Å². The van der Waals surface area contributed by atoms with Crippen LogP contribution < -0.4 is 4.74 Å². The first-order valence-electron chi connectivity index (χ1n) is 9.83. The van der Waals surface area contributed by atoms with Gasteiger partial charge in [0.2, 0.25) is 0 Å². The van der Waals surface area contributed by atoms with Crippen molar-refractivity contribution in [3.63, 3.8) is 0 Å². The molecule has 2 aromatic rings. The number of benzene rings is 1. The summed E-state index contributed by atoms with van der Waals surface area (Å²) in [5.74, 6) is -0.336. The minimum atomic E-state index is -0.779. The second kappa shape index (κ2) is 7.08. The summed E-state index contributed by atoms with van der Waals surface area (Å²) >= 11 is 0. The Morgan fingerprint density at radius 2 is 2.10 bits per heavy atom. The third kappa shape index (κ3) is 3.02. The molecule has 3 aliphatic heterocycles. The number of rotatable bonds is 4. The van der Waals surface area contributed by atoms with E-state index in [1.165, 1.54) is 11.2 Å². The van der Waals surface area contributed by atoms with E-state index in [-0.39, 0.29) is 24.0 Å². The second-order valence-electron chi connectivity index (χ2n) is 7.52. The molecule has 4 heterocycles. The van der Waals surface area contributed by atoms with Crippen molar-refractivity contribution < 1.29 is 28.6 Å². The van der Waals surface area contributed by atoms with E-state index < -0.39 is 17.7 Å². The lowest BCUT2D eigenvalue weighted by molar-refractivity contribution is -0.141. The van der Waals surface area contributed by atoms with Gasteiger partial charge < -0.3 is 23.9 Å². The van der Waals surface area contributed by atoms with Gasteiger partial charge in [0.25, 0.3) is 11.7 Å². The lowest BCUT2D eigenvalue weighted by atomic mass is 9.98. The number of hydrogen-bond donors (Lipinski definition) is 1. The van der Waals surface area contributed by atoms with Gasteiger partial charge in [-0.3, -0.25) is 9.59 Å². The van der Waals surface area contributed by atoms with E-state index in [1.54, 1.807) is 24.3 Å². The molecule has 2 saturated heterocycles. The number of likely N-dealkylation sites (tertiary alicyclic amines) is 1. The SMILES string of the molecule is O=C1C(=O)N(CC2CCCO2)C(c2ccco2)/C1=C(/O)c1ccc2c(c1)CCO2. The highest BCUT2D eigenvalue weighted by molar-refractivity contribution is 6.46. The molecule has 0 spiro atoms. The summed E-state index contributed by atoms with van der Waals surface area (Å²) < 4.78 is 16.7. The fourth-order valence-electron chi connectivity index (χ4n) is 4.31. The molecular weight excluding hydrogens is 374 g/mol. The largest absolute Gasteiger partial charge is 0.507 e. The molecule has 5 rings (SSSR count). The average molecular weight is 395 g/mol. The van der Waals surface area contributed by atoms with Crippen molar-refractivity contribution in [2.75, 3.05) is 19.8 Å². The Bertz CT molecular complexity index is 987. The van der Waals surface area contributed by atoms with Gasteiger partial charge in [-0.15, -0.1) is 0 Å². The minimum Gasteiger partial charge on any atom is -0.507 e. The fraction of sp³-hybridized carbons (Fsp3) is 0.364. The highest BCUT2D eigenvalue weighted by atomic mass is 16.5. The van der Waals surface area contributed by atoms with Crippen molar-refractivity contribution in [2.24, 2.45) is 0 Å². The van der Waals surface area contributed by atoms with Crippen LogP contribution in [0.5, 0.6) is 5.75 Å². The Hall–Kier alpha value is -3.06. The van der Waals surface area contributed by atoms with Crippen molar-refractivity contribution in [3.05, 3.63) is 59.1 Å². The van der Waals surface area contributed by atoms with E-state index in [0.717, 1.165) is 30.6 Å². The molecule has 2 atom stereocenters. The van der Waals surface area contributed by atoms with Crippen LogP contribution in [0.1, 0.15) is 35.8 Å². The van der Waals surface area contributed by atoms with Crippen LogP contribution in [0.3, 0.4) is 0 Å². The first-order chi connectivity index (χ1) is 14.1. The minimum absolute atomic E-state index is 0.0433. The first kappa shape index (κ1) is 18.0. The van der Waals surface area contributed by atoms with Gasteiger partial charge >= 0.3 is 0 Å². The molecule has 0 saturated carbocycles. The second-order valence-corrected chi connectivity index (χ2v) is 7.52. The topological polar surface area (TPSA) is 89.2 Å². The number of ketones is 1. The van der Waals surface area contributed by atoms with Crippen LogP contribution in [0.15, 0.2) is 46.6 Å². The van der Waals surface area contributed by atoms with Crippen LogP contribution in [-0.4, -0.2) is 47.6 Å². The summed E-state index contributed by atoms with van der Waals surface area (Å²) in [4.78, 5) is 27.2. The van der Waals surface area contributed by atoms with Gasteiger partial charge in [-0.1, -0.05) is 0 Å². The number of aliphatic hydroxyl groups is 1. The van der Waals surface area contributed by atoms with Crippen LogP contribution in [-0.2, 0) is 20.7 Å². The van der Waals surface area contributed by atoms with E-state index in [9.17, 15) is 14.7 Å². The molecule has 2 fully saturated rings. The number of nitrogens with zero attached hydrogens (tertiary/aromatic N) is 1. The third-order valence-corrected chi connectivity index (χ3v) is 5.74. The zero-order chi connectivity index (χ0) is 20.0. The maximum absolute atomic E-state index is 12.9. The quantitative estimate of drug-likeness (QED) is 0.487. The van der Waals surface area contributed by atoms with Crippen molar-refractivity contribution in [1.82, 2.24) is 4.90 Å². The number of Topliss-reactive ketones (excluding diaryl/α,β-unsaturated/α-hetero) is 1. The number of aliphatic hydroxyl groups excluding tert-OH is 1. The molecular formula is C22H21NO6. The molecule has 7 nitrogen and oxygen atoms in total. The Morgan fingerprint density at radius 1 is 1.21 bits per heavy atom. The van der Waals surface area contributed by atoms with Gasteiger partial charge in [-0.05, 0) is 48.7 Å². The predicted molar refractivity (Wildman–Crippen MR) is 102 cm³/mol. The molecule has 150 valence electrons. The Balaban J connectivity index is 1.58. The highest BCUT2D eigenvalue weighted by Crippen LogP contribution is 2.41. The highest BCUT2D eigenvalue weighted by Gasteiger charge is 2.48. The van der Waals surface area contributed by atoms with Crippen molar-refractivity contribution in [2.45, 2.75) is 31.4 Å². The molecule has 0 bridgehead atoms. The van der Waals surface area contributed by atoms with Gasteiger partial charge in [-0.2, -0.15) is 0 Å². The molecule has 1 N–H and O–H groups in total. The molecule has 7 heteroatoms. The molecule has 0 radical (unpaired) electrons. The Labute approximate surface area is 167 Å².